The molecule has 4 nitrogen and oxygen atoms in total. The largest absolute Gasteiger partial charge is 0.344 e. The third-order valence-corrected chi connectivity index (χ3v) is 10.9. The van der Waals surface area contributed by atoms with Crippen LogP contribution in [0.5, 0.6) is 0 Å². The second-order valence-corrected chi connectivity index (χ2v) is 13.7. The van der Waals surface area contributed by atoms with Gasteiger partial charge in [-0.25, -0.2) is 9.98 Å². The number of hydrogen-bond acceptors (Lipinski definition) is 4. The number of aromatic nitrogens is 1. The molecule has 9 aromatic rings. The number of amidine groups is 2. The third kappa shape index (κ3) is 4.74. The Kier molecular flexibility index (Phi) is 6.71. The van der Waals surface area contributed by atoms with E-state index in [1.165, 1.54) is 47.6 Å². The first kappa shape index (κ1) is 28.7. The molecule has 0 spiro atoms. The fraction of sp³-hybridized carbons (Fsp3) is 0.0222. The minimum atomic E-state index is -0.261. The predicted molar refractivity (Wildman–Crippen MR) is 211 cm³/mol. The van der Waals surface area contributed by atoms with Gasteiger partial charge in [-0.15, -0.1) is 11.3 Å². The van der Waals surface area contributed by atoms with Crippen molar-refractivity contribution < 1.29 is 0 Å². The van der Waals surface area contributed by atoms with E-state index in [0.717, 1.165) is 33.7 Å². The van der Waals surface area contributed by atoms with Gasteiger partial charge in [0.15, 0.2) is 5.84 Å². The SMILES string of the molecule is c1ccc(C2=NC(c3ccc4c5ccccc5n(-c5cc(-c6ccccc6)c6sc7ccccc7c6c5)c4c3)=NC(c3ccccc3)N2)cc1. The van der Waals surface area contributed by atoms with Crippen LogP contribution in [0.1, 0.15) is 22.9 Å². The average molecular weight is 659 g/mol. The number of fused-ring (bicyclic) bond motifs is 6. The molecule has 10 rings (SSSR count). The van der Waals surface area contributed by atoms with E-state index >= 15 is 0 Å². The summed E-state index contributed by atoms with van der Waals surface area (Å²) in [5.74, 6) is 1.52. The molecule has 1 aliphatic rings. The van der Waals surface area contributed by atoms with Crippen molar-refractivity contribution in [1.29, 1.82) is 0 Å². The highest BCUT2D eigenvalue weighted by Crippen LogP contribution is 2.43. The van der Waals surface area contributed by atoms with E-state index in [0.29, 0.717) is 5.84 Å². The summed E-state index contributed by atoms with van der Waals surface area (Å²) < 4.78 is 5.02. The molecule has 1 aliphatic heterocycles. The Morgan fingerprint density at radius 3 is 1.98 bits per heavy atom. The molecule has 1 atom stereocenters. The van der Waals surface area contributed by atoms with Crippen molar-refractivity contribution in [1.82, 2.24) is 9.88 Å². The fourth-order valence-corrected chi connectivity index (χ4v) is 8.51. The summed E-state index contributed by atoms with van der Waals surface area (Å²) in [6.45, 7) is 0. The fourth-order valence-electron chi connectivity index (χ4n) is 7.29. The molecule has 5 heteroatoms. The minimum absolute atomic E-state index is 0.261. The van der Waals surface area contributed by atoms with Gasteiger partial charge in [0.2, 0.25) is 0 Å². The van der Waals surface area contributed by atoms with Crippen LogP contribution in [0, 0.1) is 0 Å². The molecule has 0 amide bonds. The Labute approximate surface area is 293 Å². The Morgan fingerprint density at radius 1 is 0.520 bits per heavy atom. The molecular formula is C45H30N4S. The Hall–Kier alpha value is -6.30. The highest BCUT2D eigenvalue weighted by atomic mass is 32.1. The lowest BCUT2D eigenvalue weighted by Gasteiger charge is -2.23. The van der Waals surface area contributed by atoms with E-state index in [9.17, 15) is 0 Å². The highest BCUT2D eigenvalue weighted by Gasteiger charge is 2.23. The lowest BCUT2D eigenvalue weighted by atomic mass is 10.0. The zero-order valence-corrected chi connectivity index (χ0v) is 27.8. The molecule has 1 N–H and O–H groups in total. The number of hydrogen-bond donors (Lipinski definition) is 1. The molecule has 0 aliphatic carbocycles. The van der Waals surface area contributed by atoms with E-state index in [1.54, 1.807) is 0 Å². The molecule has 0 saturated carbocycles. The Bertz CT molecular complexity index is 2780. The van der Waals surface area contributed by atoms with Gasteiger partial charge in [-0.05, 0) is 41.5 Å². The van der Waals surface area contributed by atoms with Gasteiger partial charge < -0.3 is 9.88 Å². The zero-order valence-electron chi connectivity index (χ0n) is 27.0. The molecule has 2 aromatic heterocycles. The van der Waals surface area contributed by atoms with Crippen LogP contribution in [0.4, 0.5) is 0 Å². The van der Waals surface area contributed by atoms with Crippen LogP contribution < -0.4 is 5.32 Å². The summed E-state index contributed by atoms with van der Waals surface area (Å²) in [7, 11) is 0. The molecule has 50 heavy (non-hydrogen) atoms. The van der Waals surface area contributed by atoms with E-state index in [4.69, 9.17) is 9.98 Å². The molecule has 3 heterocycles. The topological polar surface area (TPSA) is 41.7 Å². The molecule has 236 valence electrons. The number of benzene rings is 7. The van der Waals surface area contributed by atoms with Crippen LogP contribution in [0.3, 0.4) is 0 Å². The lowest BCUT2D eigenvalue weighted by Crippen LogP contribution is -2.33. The van der Waals surface area contributed by atoms with Crippen molar-refractivity contribution in [2.24, 2.45) is 9.98 Å². The summed E-state index contributed by atoms with van der Waals surface area (Å²) in [5.41, 5.74) is 8.97. The molecule has 0 fully saturated rings. The van der Waals surface area contributed by atoms with Crippen molar-refractivity contribution >= 4 is 65.0 Å². The smallest absolute Gasteiger partial charge is 0.159 e. The van der Waals surface area contributed by atoms with Gasteiger partial charge in [-0.3, -0.25) is 0 Å². The first-order chi connectivity index (χ1) is 24.8. The molecular weight excluding hydrogens is 629 g/mol. The second kappa shape index (κ2) is 11.7. The first-order valence-corrected chi connectivity index (χ1v) is 17.7. The minimum Gasteiger partial charge on any atom is -0.344 e. The summed E-state index contributed by atoms with van der Waals surface area (Å²) in [6, 6.07) is 60.3. The number of nitrogens with one attached hydrogen (secondary N) is 1. The summed E-state index contributed by atoms with van der Waals surface area (Å²) in [6.07, 6.45) is -0.261. The Balaban J connectivity index is 1.22. The predicted octanol–water partition coefficient (Wildman–Crippen LogP) is 11.3. The van der Waals surface area contributed by atoms with Crippen molar-refractivity contribution in [2.75, 3.05) is 0 Å². The first-order valence-electron chi connectivity index (χ1n) is 16.9. The average Bonchev–Trinajstić information content (AvgIpc) is 3.74. The van der Waals surface area contributed by atoms with Gasteiger partial charge in [0.1, 0.15) is 12.0 Å². The van der Waals surface area contributed by atoms with Gasteiger partial charge in [0, 0.05) is 53.3 Å². The van der Waals surface area contributed by atoms with Crippen molar-refractivity contribution in [3.05, 3.63) is 187 Å². The van der Waals surface area contributed by atoms with Gasteiger partial charge in [0.25, 0.3) is 0 Å². The monoisotopic (exact) mass is 658 g/mol. The van der Waals surface area contributed by atoms with Crippen molar-refractivity contribution in [3.63, 3.8) is 0 Å². The summed E-state index contributed by atoms with van der Waals surface area (Å²) >= 11 is 1.87. The number of rotatable bonds is 5. The van der Waals surface area contributed by atoms with Gasteiger partial charge >= 0.3 is 0 Å². The van der Waals surface area contributed by atoms with E-state index < -0.39 is 0 Å². The second-order valence-electron chi connectivity index (χ2n) is 12.7. The van der Waals surface area contributed by atoms with Crippen LogP contribution >= 0.6 is 11.3 Å². The molecule has 0 radical (unpaired) electrons. The number of nitrogens with zero attached hydrogens (tertiary/aromatic N) is 3. The number of aliphatic imine (C=N–C) groups is 2. The zero-order chi connectivity index (χ0) is 33.0. The highest BCUT2D eigenvalue weighted by molar-refractivity contribution is 7.26. The summed E-state index contributed by atoms with van der Waals surface area (Å²) in [5, 5.41) is 8.56. The number of thiophene rings is 1. The van der Waals surface area contributed by atoms with Crippen LogP contribution in [0.2, 0.25) is 0 Å². The van der Waals surface area contributed by atoms with E-state index in [2.05, 4.69) is 155 Å². The van der Waals surface area contributed by atoms with Crippen LogP contribution in [-0.4, -0.2) is 16.2 Å². The van der Waals surface area contributed by atoms with Crippen molar-refractivity contribution in [3.8, 4) is 16.8 Å². The maximum atomic E-state index is 5.19. The lowest BCUT2D eigenvalue weighted by molar-refractivity contribution is 0.674. The van der Waals surface area contributed by atoms with Crippen LogP contribution in [-0.2, 0) is 0 Å². The van der Waals surface area contributed by atoms with Gasteiger partial charge in [-0.1, -0.05) is 140 Å². The van der Waals surface area contributed by atoms with E-state index in [1.807, 2.05) is 35.6 Å². The van der Waals surface area contributed by atoms with Gasteiger partial charge in [0.05, 0.1) is 11.0 Å². The molecule has 0 saturated heterocycles. The van der Waals surface area contributed by atoms with Crippen molar-refractivity contribution in [2.45, 2.75) is 6.17 Å². The van der Waals surface area contributed by atoms with Crippen LogP contribution in [0.25, 0.3) is 58.8 Å². The molecule has 7 aromatic carbocycles. The van der Waals surface area contributed by atoms with E-state index in [-0.39, 0.29) is 6.17 Å². The summed E-state index contributed by atoms with van der Waals surface area (Å²) in [4.78, 5) is 10.3. The van der Waals surface area contributed by atoms with Crippen LogP contribution in [0.15, 0.2) is 180 Å². The third-order valence-electron chi connectivity index (χ3n) is 9.64. The maximum Gasteiger partial charge on any atom is 0.159 e. The normalized spacial score (nSPS) is 14.6. The maximum absolute atomic E-state index is 5.19. The van der Waals surface area contributed by atoms with Gasteiger partial charge in [-0.2, -0.15) is 0 Å². The quantitative estimate of drug-likeness (QED) is 0.196. The molecule has 0 bridgehead atoms. The number of para-hydroxylation sites is 1. The standard InChI is InChI=1S/C45H30N4S/c1-4-14-29(15-5-1)37-27-33(28-38-36-21-11-13-23-41(36)50-42(37)38)49-39-22-12-10-20-34(39)35-25-24-32(26-40(35)49)45-47-43(30-16-6-2-7-17-30)46-44(48-45)31-18-8-3-9-19-31/h1-28,43H,(H,46,47,48). The molecule has 1 unspecified atom stereocenters. The Morgan fingerprint density at radius 2 is 1.18 bits per heavy atom.